The van der Waals surface area contributed by atoms with Crippen LogP contribution in [-0.2, 0) is 0 Å². The van der Waals surface area contributed by atoms with Gasteiger partial charge in [0.2, 0.25) is 0 Å². The molecule has 2 aromatic heterocycles. The standard InChI is InChI=1S/C24H22N4O7/c1-13-16(12-34-28-13)23(29)27-24(30)26-17-6-5-14(9-20(17)31-2)35-19-7-8-25-18-11-22(33-4)21(32-3)10-15(18)19/h5-12H,1-4H3,(H2,26,27,29,30). The van der Waals surface area contributed by atoms with Crippen LogP contribution in [0.25, 0.3) is 10.9 Å². The van der Waals surface area contributed by atoms with Gasteiger partial charge in [-0.05, 0) is 31.2 Å². The zero-order valence-electron chi connectivity index (χ0n) is 19.4. The Balaban J connectivity index is 1.54. The smallest absolute Gasteiger partial charge is 0.326 e. The van der Waals surface area contributed by atoms with E-state index >= 15 is 0 Å². The highest BCUT2D eigenvalue weighted by molar-refractivity contribution is 6.08. The number of imide groups is 1. The zero-order valence-corrected chi connectivity index (χ0v) is 19.4. The van der Waals surface area contributed by atoms with Crippen molar-refractivity contribution in [2.24, 2.45) is 0 Å². The summed E-state index contributed by atoms with van der Waals surface area (Å²) in [7, 11) is 4.55. The van der Waals surface area contributed by atoms with Crippen molar-refractivity contribution < 1.29 is 33.1 Å². The maximum absolute atomic E-state index is 12.3. The molecule has 0 atom stereocenters. The number of ether oxygens (including phenoxy) is 4. The van der Waals surface area contributed by atoms with E-state index in [9.17, 15) is 9.59 Å². The van der Waals surface area contributed by atoms with Crippen LogP contribution in [0.2, 0.25) is 0 Å². The Labute approximate surface area is 199 Å². The van der Waals surface area contributed by atoms with Crippen molar-refractivity contribution in [1.82, 2.24) is 15.5 Å². The van der Waals surface area contributed by atoms with E-state index in [4.69, 9.17) is 23.5 Å². The summed E-state index contributed by atoms with van der Waals surface area (Å²) in [6.07, 6.45) is 2.79. The Kier molecular flexibility index (Phi) is 6.67. The van der Waals surface area contributed by atoms with Gasteiger partial charge in [0.25, 0.3) is 5.91 Å². The van der Waals surface area contributed by atoms with Gasteiger partial charge < -0.3 is 28.8 Å². The van der Waals surface area contributed by atoms with Crippen molar-refractivity contribution >= 4 is 28.5 Å². The van der Waals surface area contributed by atoms with Crippen molar-refractivity contribution in [2.75, 3.05) is 26.6 Å². The summed E-state index contributed by atoms with van der Waals surface area (Å²) in [6.45, 7) is 1.59. The fraction of sp³-hybridized carbons (Fsp3) is 0.167. The molecule has 180 valence electrons. The van der Waals surface area contributed by atoms with Crippen LogP contribution in [0.1, 0.15) is 16.1 Å². The minimum atomic E-state index is -0.747. The number of nitrogens with zero attached hydrogens (tertiary/aromatic N) is 2. The number of fused-ring (bicyclic) bond motifs is 1. The first-order chi connectivity index (χ1) is 16.9. The topological polar surface area (TPSA) is 134 Å². The monoisotopic (exact) mass is 478 g/mol. The highest BCUT2D eigenvalue weighted by atomic mass is 16.5. The molecule has 0 aliphatic rings. The molecule has 2 aromatic carbocycles. The van der Waals surface area contributed by atoms with Crippen LogP contribution >= 0.6 is 0 Å². The lowest BCUT2D eigenvalue weighted by molar-refractivity contribution is 0.0966. The third-order valence-corrected chi connectivity index (χ3v) is 5.08. The molecule has 0 fully saturated rings. The summed E-state index contributed by atoms with van der Waals surface area (Å²) < 4.78 is 26.9. The van der Waals surface area contributed by atoms with Crippen molar-refractivity contribution in [2.45, 2.75) is 6.92 Å². The molecule has 0 bridgehead atoms. The van der Waals surface area contributed by atoms with Crippen molar-refractivity contribution in [1.29, 1.82) is 0 Å². The molecule has 0 radical (unpaired) electrons. The number of urea groups is 1. The maximum atomic E-state index is 12.3. The van der Waals surface area contributed by atoms with Gasteiger partial charge in [0, 0.05) is 23.7 Å². The van der Waals surface area contributed by atoms with Crippen LogP contribution in [0, 0.1) is 6.92 Å². The summed E-state index contributed by atoms with van der Waals surface area (Å²) in [6, 6.07) is 9.36. The van der Waals surface area contributed by atoms with Gasteiger partial charge >= 0.3 is 6.03 Å². The molecule has 2 N–H and O–H groups in total. The highest BCUT2D eigenvalue weighted by Gasteiger charge is 2.17. The van der Waals surface area contributed by atoms with E-state index in [0.717, 1.165) is 0 Å². The van der Waals surface area contributed by atoms with E-state index in [-0.39, 0.29) is 5.56 Å². The Morgan fingerprint density at radius 2 is 1.66 bits per heavy atom. The van der Waals surface area contributed by atoms with Crippen molar-refractivity contribution in [3.8, 4) is 28.7 Å². The predicted octanol–water partition coefficient (Wildman–Crippen LogP) is 4.31. The molecule has 11 nitrogen and oxygen atoms in total. The number of carbonyl (C=O) groups is 2. The number of aryl methyl sites for hydroxylation is 1. The molecule has 0 saturated heterocycles. The molecular formula is C24H22N4O7. The summed E-state index contributed by atoms with van der Waals surface area (Å²) in [4.78, 5) is 28.9. The normalized spacial score (nSPS) is 10.5. The molecular weight excluding hydrogens is 456 g/mol. The van der Waals surface area contributed by atoms with Gasteiger partial charge in [-0.15, -0.1) is 0 Å². The third kappa shape index (κ3) is 4.93. The number of anilines is 1. The molecule has 3 amide bonds. The minimum absolute atomic E-state index is 0.162. The molecule has 0 saturated carbocycles. The van der Waals surface area contributed by atoms with Crippen LogP contribution in [0.4, 0.5) is 10.5 Å². The second kappa shape index (κ2) is 10.00. The molecule has 4 aromatic rings. The van der Waals surface area contributed by atoms with Crippen LogP contribution < -0.4 is 29.6 Å². The number of pyridine rings is 1. The molecule has 4 rings (SSSR count). The van der Waals surface area contributed by atoms with Crippen LogP contribution in [0.3, 0.4) is 0 Å². The van der Waals surface area contributed by atoms with Crippen LogP contribution in [0.5, 0.6) is 28.7 Å². The van der Waals surface area contributed by atoms with Gasteiger partial charge in [-0.2, -0.15) is 0 Å². The highest BCUT2D eigenvalue weighted by Crippen LogP contribution is 2.38. The van der Waals surface area contributed by atoms with E-state index in [0.29, 0.717) is 51.0 Å². The number of hydrogen-bond acceptors (Lipinski definition) is 9. The quantitative estimate of drug-likeness (QED) is 0.398. The maximum Gasteiger partial charge on any atom is 0.326 e. The summed E-state index contributed by atoms with van der Waals surface area (Å²) >= 11 is 0. The minimum Gasteiger partial charge on any atom is -0.494 e. The summed E-state index contributed by atoms with van der Waals surface area (Å²) in [5, 5.41) is 9.13. The Morgan fingerprint density at radius 1 is 0.914 bits per heavy atom. The number of amides is 3. The van der Waals surface area contributed by atoms with E-state index in [1.165, 1.54) is 13.4 Å². The second-order valence-electron chi connectivity index (χ2n) is 7.22. The van der Waals surface area contributed by atoms with E-state index in [1.807, 2.05) is 0 Å². The van der Waals surface area contributed by atoms with Gasteiger partial charge in [-0.25, -0.2) is 4.79 Å². The number of nitrogens with one attached hydrogen (secondary N) is 2. The van der Waals surface area contributed by atoms with E-state index in [2.05, 4.69) is 20.8 Å². The Hall–Kier alpha value is -4.80. The summed E-state index contributed by atoms with van der Waals surface area (Å²) in [5.74, 6) is 1.76. The SMILES string of the molecule is COc1cc(Oc2ccnc3cc(OC)c(OC)cc23)ccc1NC(=O)NC(=O)c1conc1C. The molecule has 0 aliphatic carbocycles. The summed E-state index contributed by atoms with van der Waals surface area (Å²) in [5.41, 5.74) is 1.52. The largest absolute Gasteiger partial charge is 0.494 e. The molecule has 11 heteroatoms. The number of hydrogen-bond donors (Lipinski definition) is 2. The predicted molar refractivity (Wildman–Crippen MR) is 126 cm³/mol. The first kappa shape index (κ1) is 23.4. The van der Waals surface area contributed by atoms with Gasteiger partial charge in [0.15, 0.2) is 11.5 Å². The van der Waals surface area contributed by atoms with Crippen LogP contribution in [-0.4, -0.2) is 43.4 Å². The molecule has 2 heterocycles. The van der Waals surface area contributed by atoms with Crippen LogP contribution in [0.15, 0.2) is 53.4 Å². The van der Waals surface area contributed by atoms with Crippen molar-refractivity contribution in [3.05, 3.63) is 60.1 Å². The van der Waals surface area contributed by atoms with Gasteiger partial charge in [0.05, 0.1) is 38.2 Å². The fourth-order valence-corrected chi connectivity index (χ4v) is 3.34. The molecule has 0 aliphatic heterocycles. The molecule has 0 unspecified atom stereocenters. The fourth-order valence-electron chi connectivity index (χ4n) is 3.34. The first-order valence-corrected chi connectivity index (χ1v) is 10.3. The van der Waals surface area contributed by atoms with Gasteiger partial charge in [0.1, 0.15) is 29.1 Å². The number of methoxy groups -OCH3 is 3. The average Bonchev–Trinajstić information content (AvgIpc) is 3.30. The first-order valence-electron chi connectivity index (χ1n) is 10.3. The lowest BCUT2D eigenvalue weighted by Crippen LogP contribution is -2.34. The lowest BCUT2D eigenvalue weighted by Gasteiger charge is -2.14. The number of aromatic nitrogens is 2. The van der Waals surface area contributed by atoms with E-state index in [1.54, 1.807) is 63.7 Å². The zero-order chi connectivity index (χ0) is 24.9. The van der Waals surface area contributed by atoms with Gasteiger partial charge in [-0.1, -0.05) is 5.16 Å². The van der Waals surface area contributed by atoms with Crippen molar-refractivity contribution in [3.63, 3.8) is 0 Å². The number of rotatable bonds is 7. The van der Waals surface area contributed by atoms with Gasteiger partial charge in [-0.3, -0.25) is 15.1 Å². The number of benzene rings is 2. The Morgan fingerprint density at radius 3 is 2.34 bits per heavy atom. The molecule has 0 spiro atoms. The molecule has 35 heavy (non-hydrogen) atoms. The average molecular weight is 478 g/mol. The lowest BCUT2D eigenvalue weighted by atomic mass is 10.2. The Bertz CT molecular complexity index is 1400. The number of carbonyl (C=O) groups excluding carboxylic acids is 2. The second-order valence-corrected chi connectivity index (χ2v) is 7.22. The van der Waals surface area contributed by atoms with E-state index < -0.39 is 11.9 Å². The third-order valence-electron chi connectivity index (χ3n) is 5.08.